The summed E-state index contributed by atoms with van der Waals surface area (Å²) >= 11 is 0. The molecule has 84 valence electrons. The zero-order chi connectivity index (χ0) is 11.4. The third kappa shape index (κ3) is 6.93. The van der Waals surface area contributed by atoms with Gasteiger partial charge in [-0.05, 0) is 32.1 Å². The van der Waals surface area contributed by atoms with Crippen molar-refractivity contribution in [3.05, 3.63) is 0 Å². The molecular formula is C12H25NO. The quantitative estimate of drug-likeness (QED) is 0.740. The smallest absolute Gasteiger partial charge is 0.220 e. The van der Waals surface area contributed by atoms with E-state index in [2.05, 4.69) is 39.9 Å². The first-order valence-corrected chi connectivity index (χ1v) is 5.47. The molecule has 0 fully saturated rings. The van der Waals surface area contributed by atoms with E-state index < -0.39 is 0 Å². The molecule has 14 heavy (non-hydrogen) atoms. The summed E-state index contributed by atoms with van der Waals surface area (Å²) in [6, 6.07) is 0. The Labute approximate surface area is 88.5 Å². The lowest BCUT2D eigenvalue weighted by Gasteiger charge is -2.33. The third-order valence-corrected chi connectivity index (χ3v) is 1.93. The molecule has 0 aliphatic heterocycles. The van der Waals surface area contributed by atoms with E-state index in [4.69, 9.17) is 0 Å². The van der Waals surface area contributed by atoms with Crippen LogP contribution < -0.4 is 5.32 Å². The van der Waals surface area contributed by atoms with Crippen LogP contribution in [0, 0.1) is 5.41 Å². The van der Waals surface area contributed by atoms with Crippen molar-refractivity contribution in [2.45, 2.75) is 66.3 Å². The fourth-order valence-corrected chi connectivity index (χ4v) is 2.04. The largest absolute Gasteiger partial charge is 0.351 e. The summed E-state index contributed by atoms with van der Waals surface area (Å²) in [5, 5.41) is 3.07. The maximum Gasteiger partial charge on any atom is 0.220 e. The van der Waals surface area contributed by atoms with Crippen molar-refractivity contribution in [2.75, 3.05) is 0 Å². The van der Waals surface area contributed by atoms with Crippen LogP contribution in [0.25, 0.3) is 0 Å². The number of amides is 1. The summed E-state index contributed by atoms with van der Waals surface area (Å²) in [5.74, 6) is 0.168. The number of carbonyl (C=O) groups is 1. The van der Waals surface area contributed by atoms with Crippen LogP contribution >= 0.6 is 0 Å². The second kappa shape index (κ2) is 4.81. The molecule has 0 spiro atoms. The van der Waals surface area contributed by atoms with Crippen molar-refractivity contribution in [3.8, 4) is 0 Å². The molecule has 0 aromatic carbocycles. The Morgan fingerprint density at radius 2 is 1.64 bits per heavy atom. The standard InChI is InChI=1S/C12H25NO/c1-7-8-10(14)13-12(5,6)9-11(2,3)4/h7-9H2,1-6H3,(H,13,14). The average molecular weight is 199 g/mol. The minimum Gasteiger partial charge on any atom is -0.351 e. The first-order chi connectivity index (χ1) is 6.16. The van der Waals surface area contributed by atoms with Crippen molar-refractivity contribution in [3.63, 3.8) is 0 Å². The van der Waals surface area contributed by atoms with Gasteiger partial charge in [0.1, 0.15) is 0 Å². The molecule has 0 rings (SSSR count). The normalized spacial score (nSPS) is 12.7. The van der Waals surface area contributed by atoms with Crippen molar-refractivity contribution in [2.24, 2.45) is 5.41 Å². The Morgan fingerprint density at radius 1 is 1.14 bits per heavy atom. The van der Waals surface area contributed by atoms with E-state index in [0.717, 1.165) is 12.8 Å². The molecular weight excluding hydrogens is 174 g/mol. The minimum atomic E-state index is -0.0928. The number of carbonyl (C=O) groups excluding carboxylic acids is 1. The maximum atomic E-state index is 11.4. The third-order valence-electron chi connectivity index (χ3n) is 1.93. The summed E-state index contributed by atoms with van der Waals surface area (Å²) in [5.41, 5.74) is 0.160. The van der Waals surface area contributed by atoms with Crippen LogP contribution in [0.3, 0.4) is 0 Å². The molecule has 0 bridgehead atoms. The number of rotatable bonds is 4. The van der Waals surface area contributed by atoms with Crippen molar-refractivity contribution in [1.82, 2.24) is 5.32 Å². The highest BCUT2D eigenvalue weighted by molar-refractivity contribution is 5.76. The molecule has 0 unspecified atom stereocenters. The van der Waals surface area contributed by atoms with Crippen LogP contribution in [-0.4, -0.2) is 11.4 Å². The summed E-state index contributed by atoms with van der Waals surface area (Å²) in [7, 11) is 0. The molecule has 0 aromatic rings. The van der Waals surface area contributed by atoms with E-state index >= 15 is 0 Å². The van der Waals surface area contributed by atoms with Gasteiger partial charge < -0.3 is 5.32 Å². The fourth-order valence-electron chi connectivity index (χ4n) is 2.04. The highest BCUT2D eigenvalue weighted by atomic mass is 16.1. The van der Waals surface area contributed by atoms with Crippen LogP contribution in [-0.2, 0) is 4.79 Å². The van der Waals surface area contributed by atoms with Crippen LogP contribution in [0.2, 0.25) is 0 Å². The van der Waals surface area contributed by atoms with E-state index in [1.807, 2.05) is 6.92 Å². The van der Waals surface area contributed by atoms with Gasteiger partial charge in [-0.2, -0.15) is 0 Å². The van der Waals surface area contributed by atoms with Crippen molar-refractivity contribution in [1.29, 1.82) is 0 Å². The molecule has 1 N–H and O–H groups in total. The second-order valence-corrected chi connectivity index (χ2v) is 5.92. The summed E-state index contributed by atoms with van der Waals surface area (Å²) in [4.78, 5) is 11.4. The molecule has 0 aliphatic rings. The number of nitrogens with one attached hydrogen (secondary N) is 1. The summed E-state index contributed by atoms with van der Waals surface area (Å²) in [6.07, 6.45) is 2.54. The molecule has 2 heteroatoms. The van der Waals surface area contributed by atoms with Crippen LogP contribution in [0.1, 0.15) is 60.8 Å². The van der Waals surface area contributed by atoms with Crippen molar-refractivity contribution < 1.29 is 4.79 Å². The molecule has 1 amide bonds. The highest BCUT2D eigenvalue weighted by Crippen LogP contribution is 2.26. The first kappa shape index (κ1) is 13.5. The lowest BCUT2D eigenvalue weighted by atomic mass is 9.82. The van der Waals surface area contributed by atoms with E-state index in [1.165, 1.54) is 0 Å². The molecule has 0 aromatic heterocycles. The predicted molar refractivity (Wildman–Crippen MR) is 61.2 cm³/mol. The average Bonchev–Trinajstić information content (AvgIpc) is 1.78. The summed E-state index contributed by atoms with van der Waals surface area (Å²) in [6.45, 7) is 12.8. The SMILES string of the molecule is CCCC(=O)NC(C)(C)CC(C)(C)C. The van der Waals surface area contributed by atoms with E-state index in [-0.39, 0.29) is 16.9 Å². The monoisotopic (exact) mass is 199 g/mol. The molecule has 0 heterocycles. The van der Waals surface area contributed by atoms with Gasteiger partial charge in [-0.3, -0.25) is 4.79 Å². The van der Waals surface area contributed by atoms with Crippen molar-refractivity contribution >= 4 is 5.91 Å². The molecule has 0 saturated carbocycles. The van der Waals surface area contributed by atoms with Gasteiger partial charge in [0.2, 0.25) is 5.91 Å². The summed E-state index contributed by atoms with van der Waals surface area (Å²) < 4.78 is 0. The topological polar surface area (TPSA) is 29.1 Å². The van der Waals surface area contributed by atoms with Gasteiger partial charge in [-0.25, -0.2) is 0 Å². The maximum absolute atomic E-state index is 11.4. The Hall–Kier alpha value is -0.530. The van der Waals surface area contributed by atoms with Crippen LogP contribution in [0.5, 0.6) is 0 Å². The van der Waals surface area contributed by atoms with E-state index in [9.17, 15) is 4.79 Å². The van der Waals surface area contributed by atoms with Gasteiger partial charge in [-0.1, -0.05) is 27.7 Å². The van der Waals surface area contributed by atoms with Gasteiger partial charge >= 0.3 is 0 Å². The van der Waals surface area contributed by atoms with Crippen LogP contribution in [0.15, 0.2) is 0 Å². The Balaban J connectivity index is 4.13. The lowest BCUT2D eigenvalue weighted by molar-refractivity contribution is -0.123. The van der Waals surface area contributed by atoms with Gasteiger partial charge in [0, 0.05) is 12.0 Å². The van der Waals surface area contributed by atoms with Gasteiger partial charge in [-0.15, -0.1) is 0 Å². The zero-order valence-electron chi connectivity index (χ0n) is 10.5. The van der Waals surface area contributed by atoms with Gasteiger partial charge in [0.05, 0.1) is 0 Å². The van der Waals surface area contributed by atoms with Gasteiger partial charge in [0.15, 0.2) is 0 Å². The van der Waals surface area contributed by atoms with E-state index in [0.29, 0.717) is 6.42 Å². The molecule has 0 saturated heterocycles. The molecule has 0 aliphatic carbocycles. The second-order valence-electron chi connectivity index (χ2n) is 5.92. The first-order valence-electron chi connectivity index (χ1n) is 5.47. The molecule has 2 nitrogen and oxygen atoms in total. The van der Waals surface area contributed by atoms with Crippen LogP contribution in [0.4, 0.5) is 0 Å². The Morgan fingerprint density at radius 3 is 2.00 bits per heavy atom. The number of hydrogen-bond donors (Lipinski definition) is 1. The molecule has 0 radical (unpaired) electrons. The zero-order valence-corrected chi connectivity index (χ0v) is 10.5. The minimum absolute atomic E-state index is 0.0928. The predicted octanol–water partition coefficient (Wildman–Crippen LogP) is 3.12. The molecule has 0 atom stereocenters. The van der Waals surface area contributed by atoms with Gasteiger partial charge in [0.25, 0.3) is 0 Å². The lowest BCUT2D eigenvalue weighted by Crippen LogP contribution is -2.45. The highest BCUT2D eigenvalue weighted by Gasteiger charge is 2.26. The Bertz CT molecular complexity index is 189. The Kier molecular flexibility index (Phi) is 4.63. The number of hydrogen-bond acceptors (Lipinski definition) is 1. The van der Waals surface area contributed by atoms with E-state index in [1.54, 1.807) is 0 Å². The fraction of sp³-hybridized carbons (Fsp3) is 0.917.